The van der Waals surface area contributed by atoms with E-state index in [1.165, 1.54) is 32.1 Å². The van der Waals surface area contributed by atoms with Crippen LogP contribution in [0.2, 0.25) is 0 Å². The lowest BCUT2D eigenvalue weighted by molar-refractivity contribution is -0.137. The summed E-state index contributed by atoms with van der Waals surface area (Å²) in [5.41, 5.74) is 4.73. The Labute approximate surface area is 177 Å². The lowest BCUT2D eigenvalue weighted by Crippen LogP contribution is -2.42. The molecule has 1 aliphatic carbocycles. The third-order valence-electron chi connectivity index (χ3n) is 5.26. The van der Waals surface area contributed by atoms with Crippen LogP contribution < -0.4 is 15.5 Å². The number of hydrogen-bond acceptors (Lipinski definition) is 5. The van der Waals surface area contributed by atoms with Gasteiger partial charge in [-0.3, -0.25) is 10.2 Å². The van der Waals surface area contributed by atoms with Crippen LogP contribution in [-0.4, -0.2) is 60.6 Å². The van der Waals surface area contributed by atoms with Crippen LogP contribution in [-0.2, 0) is 9.53 Å². The fourth-order valence-electron chi connectivity index (χ4n) is 3.51. The number of hydrogen-bond donors (Lipinski definition) is 2. The van der Waals surface area contributed by atoms with Crippen molar-refractivity contribution in [2.45, 2.75) is 45.1 Å². The fraction of sp³-hybridized carbons (Fsp3) is 0.571. The van der Waals surface area contributed by atoms with Gasteiger partial charge < -0.3 is 19.7 Å². The van der Waals surface area contributed by atoms with E-state index in [1.54, 1.807) is 4.90 Å². The van der Waals surface area contributed by atoms with E-state index >= 15 is 0 Å². The summed E-state index contributed by atoms with van der Waals surface area (Å²) in [6, 6.07) is 7.99. The summed E-state index contributed by atoms with van der Waals surface area (Å²) in [5, 5.41) is 8.28. The van der Waals surface area contributed by atoms with E-state index in [0.717, 1.165) is 11.3 Å². The van der Waals surface area contributed by atoms with Crippen LogP contribution in [0.5, 0.6) is 5.75 Å². The molecule has 0 aromatic heterocycles. The van der Waals surface area contributed by atoms with E-state index in [0.29, 0.717) is 43.2 Å². The Morgan fingerprint density at radius 2 is 1.90 bits per heavy atom. The standard InChI is InChI=1S/C21H30N4O3S/c1-16(23-24-21(29)22-18-5-3-2-4-6-18)17-7-9-19(10-8-17)28-15-20(26)25-11-13-27-14-12-25/h7-10,18H,2-6,11-15H2,1H3,(H2,22,24,29)/b23-16-. The molecule has 1 aromatic rings. The number of carbonyl (C=O) groups excluding carboxylic acids is 1. The van der Waals surface area contributed by atoms with Gasteiger partial charge in [-0.05, 0) is 61.8 Å². The SMILES string of the molecule is C/C(=N/NC(=S)NC1CCCCC1)c1ccc(OCC(=O)N2CCOCC2)cc1. The maximum Gasteiger partial charge on any atom is 0.260 e. The normalized spacial score (nSPS) is 18.2. The van der Waals surface area contributed by atoms with E-state index in [4.69, 9.17) is 21.7 Å². The molecular weight excluding hydrogens is 388 g/mol. The molecule has 2 N–H and O–H groups in total. The second kappa shape index (κ2) is 11.1. The Kier molecular flexibility index (Phi) is 8.25. The molecule has 1 aliphatic heterocycles. The van der Waals surface area contributed by atoms with Crippen molar-refractivity contribution in [3.63, 3.8) is 0 Å². The molecule has 2 aliphatic rings. The highest BCUT2D eigenvalue weighted by Gasteiger charge is 2.17. The molecule has 8 heteroatoms. The number of nitrogens with zero attached hydrogens (tertiary/aromatic N) is 2. The zero-order chi connectivity index (χ0) is 20.5. The van der Waals surface area contributed by atoms with Gasteiger partial charge in [0.05, 0.1) is 18.9 Å². The predicted molar refractivity (Wildman–Crippen MR) is 117 cm³/mol. The maximum atomic E-state index is 12.1. The van der Waals surface area contributed by atoms with Crippen molar-refractivity contribution in [2.24, 2.45) is 5.10 Å². The average Bonchev–Trinajstić information content (AvgIpc) is 2.77. The van der Waals surface area contributed by atoms with Crippen LogP contribution in [0.15, 0.2) is 29.4 Å². The molecule has 1 heterocycles. The van der Waals surface area contributed by atoms with Gasteiger partial charge in [0.1, 0.15) is 5.75 Å². The Morgan fingerprint density at radius 1 is 1.21 bits per heavy atom. The number of thiocarbonyl (C=S) groups is 1. The van der Waals surface area contributed by atoms with E-state index in [9.17, 15) is 4.79 Å². The number of amides is 1. The fourth-order valence-corrected chi connectivity index (χ4v) is 3.72. The van der Waals surface area contributed by atoms with Crippen molar-refractivity contribution in [3.05, 3.63) is 29.8 Å². The first-order valence-electron chi connectivity index (χ1n) is 10.3. The Bertz CT molecular complexity index is 711. The number of rotatable bonds is 6. The van der Waals surface area contributed by atoms with Crippen molar-refractivity contribution in [3.8, 4) is 5.75 Å². The van der Waals surface area contributed by atoms with E-state index < -0.39 is 0 Å². The maximum absolute atomic E-state index is 12.1. The predicted octanol–water partition coefficient (Wildman–Crippen LogP) is 2.45. The highest BCUT2D eigenvalue weighted by molar-refractivity contribution is 7.80. The van der Waals surface area contributed by atoms with Gasteiger partial charge in [0.25, 0.3) is 5.91 Å². The zero-order valence-electron chi connectivity index (χ0n) is 17.0. The minimum Gasteiger partial charge on any atom is -0.484 e. The molecule has 1 saturated heterocycles. The summed E-state index contributed by atoms with van der Waals surface area (Å²) in [4.78, 5) is 13.9. The van der Waals surface area contributed by atoms with Gasteiger partial charge in [-0.2, -0.15) is 5.10 Å². The average molecular weight is 419 g/mol. The number of nitrogens with one attached hydrogen (secondary N) is 2. The topological polar surface area (TPSA) is 75.2 Å². The highest BCUT2D eigenvalue weighted by Crippen LogP contribution is 2.17. The summed E-state index contributed by atoms with van der Waals surface area (Å²) in [5.74, 6) is 0.643. The van der Waals surface area contributed by atoms with Gasteiger partial charge in [-0.1, -0.05) is 19.3 Å². The molecular formula is C21H30N4O3S. The minimum atomic E-state index is -0.0155. The Balaban J connectivity index is 1.43. The largest absolute Gasteiger partial charge is 0.484 e. The van der Waals surface area contributed by atoms with E-state index in [2.05, 4.69) is 15.8 Å². The highest BCUT2D eigenvalue weighted by atomic mass is 32.1. The number of ether oxygens (including phenoxy) is 2. The monoisotopic (exact) mass is 418 g/mol. The minimum absolute atomic E-state index is 0.0155. The van der Waals surface area contributed by atoms with Crippen LogP contribution in [0.25, 0.3) is 0 Å². The van der Waals surface area contributed by atoms with Gasteiger partial charge in [-0.25, -0.2) is 0 Å². The van der Waals surface area contributed by atoms with Gasteiger partial charge in [0.2, 0.25) is 0 Å². The molecule has 0 spiro atoms. The summed E-state index contributed by atoms with van der Waals surface area (Å²) in [7, 11) is 0. The van der Waals surface area contributed by atoms with Crippen molar-refractivity contribution in [1.29, 1.82) is 0 Å². The third-order valence-corrected chi connectivity index (χ3v) is 5.47. The molecule has 158 valence electrons. The number of carbonyl (C=O) groups is 1. The second-order valence-corrected chi connectivity index (χ2v) is 7.83. The molecule has 0 unspecified atom stereocenters. The summed E-state index contributed by atoms with van der Waals surface area (Å²) >= 11 is 5.34. The van der Waals surface area contributed by atoms with E-state index in [1.807, 2.05) is 31.2 Å². The second-order valence-electron chi connectivity index (χ2n) is 7.42. The van der Waals surface area contributed by atoms with E-state index in [-0.39, 0.29) is 12.5 Å². The van der Waals surface area contributed by atoms with Gasteiger partial charge in [0.15, 0.2) is 11.7 Å². The lowest BCUT2D eigenvalue weighted by atomic mass is 9.96. The van der Waals surface area contributed by atoms with Crippen molar-refractivity contribution in [1.82, 2.24) is 15.6 Å². The lowest BCUT2D eigenvalue weighted by Gasteiger charge is -2.26. The Morgan fingerprint density at radius 3 is 2.59 bits per heavy atom. The summed E-state index contributed by atoms with van der Waals surface area (Å²) in [6.45, 7) is 4.39. The summed E-state index contributed by atoms with van der Waals surface area (Å²) in [6.07, 6.45) is 6.17. The van der Waals surface area contributed by atoms with Crippen molar-refractivity contribution in [2.75, 3.05) is 32.9 Å². The first kappa shape index (κ1) is 21.5. The van der Waals surface area contributed by atoms with Gasteiger partial charge in [-0.15, -0.1) is 0 Å². The molecule has 0 bridgehead atoms. The zero-order valence-corrected chi connectivity index (χ0v) is 17.8. The Hall–Kier alpha value is -2.19. The molecule has 2 fully saturated rings. The first-order chi connectivity index (χ1) is 14.1. The number of hydrazone groups is 1. The molecule has 1 amide bonds. The van der Waals surface area contributed by atoms with Crippen LogP contribution >= 0.6 is 12.2 Å². The molecule has 0 radical (unpaired) electrons. The van der Waals surface area contributed by atoms with Crippen molar-refractivity contribution >= 4 is 28.9 Å². The summed E-state index contributed by atoms with van der Waals surface area (Å²) < 4.78 is 10.9. The molecule has 1 aromatic carbocycles. The molecule has 1 saturated carbocycles. The quantitative estimate of drug-likeness (QED) is 0.420. The molecule has 0 atom stereocenters. The van der Waals surface area contributed by atoms with Crippen LogP contribution in [0.1, 0.15) is 44.6 Å². The van der Waals surface area contributed by atoms with Crippen LogP contribution in [0.4, 0.5) is 0 Å². The van der Waals surface area contributed by atoms with Crippen molar-refractivity contribution < 1.29 is 14.3 Å². The first-order valence-corrected chi connectivity index (χ1v) is 10.7. The molecule has 7 nitrogen and oxygen atoms in total. The molecule has 3 rings (SSSR count). The van der Waals surface area contributed by atoms with Crippen LogP contribution in [0.3, 0.4) is 0 Å². The number of morpholine rings is 1. The smallest absolute Gasteiger partial charge is 0.260 e. The number of benzene rings is 1. The van der Waals surface area contributed by atoms with Gasteiger partial charge >= 0.3 is 0 Å². The third kappa shape index (κ3) is 6.97. The van der Waals surface area contributed by atoms with Gasteiger partial charge in [0, 0.05) is 19.1 Å². The van der Waals surface area contributed by atoms with Crippen LogP contribution in [0, 0.1) is 0 Å². The molecule has 29 heavy (non-hydrogen) atoms.